The van der Waals surface area contributed by atoms with Gasteiger partial charge >= 0.3 is 18.3 Å². The molecule has 6 heterocycles. The highest BCUT2D eigenvalue weighted by molar-refractivity contribution is 5.98. The van der Waals surface area contributed by atoms with Crippen LogP contribution in [0.5, 0.6) is 23.4 Å². The molecular formula is C67H65F6N7O7. The number of fused-ring (bicyclic) bond motifs is 5. The van der Waals surface area contributed by atoms with Crippen molar-refractivity contribution in [2.45, 2.75) is 115 Å². The molecule has 2 saturated heterocycles. The molecule has 0 N–H and O–H groups in total. The summed E-state index contributed by atoms with van der Waals surface area (Å²) in [4.78, 5) is 38.1. The molecule has 1 aliphatic carbocycles. The quantitative estimate of drug-likeness (QED) is 0.0633. The molecule has 5 aromatic carbocycles. The number of piperazine rings is 1. The summed E-state index contributed by atoms with van der Waals surface area (Å²) >= 11 is 0. The van der Waals surface area contributed by atoms with E-state index in [2.05, 4.69) is 15.0 Å². The number of carbonyl (C=O) groups excluding carboxylic acids is 1. The number of anilines is 2. The molecule has 20 heteroatoms. The number of aryl methyl sites for hydroxylation is 1. The second-order valence-electron chi connectivity index (χ2n) is 23.8. The number of methoxy groups -OCH3 is 2. The summed E-state index contributed by atoms with van der Waals surface area (Å²) in [6, 6.07) is 41.2. The molecule has 3 fully saturated rings. The van der Waals surface area contributed by atoms with E-state index in [9.17, 15) is 4.79 Å². The van der Waals surface area contributed by atoms with E-state index in [4.69, 9.17) is 33.4 Å². The van der Waals surface area contributed by atoms with E-state index in [-0.39, 0.29) is 42.5 Å². The van der Waals surface area contributed by atoms with Crippen LogP contribution in [0, 0.1) is 18.2 Å². The van der Waals surface area contributed by atoms with Gasteiger partial charge in [0.2, 0.25) is 5.88 Å². The molecule has 0 spiro atoms. The lowest BCUT2D eigenvalue weighted by atomic mass is 9.80. The van der Waals surface area contributed by atoms with Crippen molar-refractivity contribution in [2.24, 2.45) is 5.41 Å². The van der Waals surface area contributed by atoms with Crippen LogP contribution in [0.15, 0.2) is 146 Å². The Bertz CT molecular complexity index is 3680. The SMILES string of the molecule is COc1ccc(CN(Cc2ccc(OC)cc2)c2cc(-c3nc4c5c(nc(OCC6(COC(c7ccccc7)(c7ccccc7)c7ccccc7)CC6(F)F)nc5c3F)N3C[C@H]5CC[C@@H]([C@H]3[C@H](C)O4)N5C(=O)OC(C)(C)C)c(C(F)(F)F)c(C)n2)cc1. The number of benzene rings is 5. The third-order valence-electron chi connectivity index (χ3n) is 17.0. The fraction of sp³-hybridized carbons (Fsp3) is 0.358. The molecule has 1 saturated carbocycles. The third-order valence-corrected chi connectivity index (χ3v) is 17.0. The molecule has 2 bridgehead atoms. The number of aromatic nitrogens is 4. The van der Waals surface area contributed by atoms with E-state index >= 15 is 26.3 Å². The number of pyridine rings is 2. The van der Waals surface area contributed by atoms with Gasteiger partial charge in [0.15, 0.2) is 5.82 Å². The Morgan fingerprint density at radius 2 is 1.30 bits per heavy atom. The van der Waals surface area contributed by atoms with Crippen molar-refractivity contribution in [1.82, 2.24) is 24.8 Å². The van der Waals surface area contributed by atoms with Crippen LogP contribution in [-0.4, -0.2) is 101 Å². The zero-order valence-corrected chi connectivity index (χ0v) is 49.1. The summed E-state index contributed by atoms with van der Waals surface area (Å²) in [6.07, 6.45) is -6.11. The summed E-state index contributed by atoms with van der Waals surface area (Å²) in [5.74, 6) is -3.63. The predicted molar refractivity (Wildman–Crippen MR) is 315 cm³/mol. The van der Waals surface area contributed by atoms with Gasteiger partial charge in [0.05, 0.1) is 55.6 Å². The highest BCUT2D eigenvalue weighted by Crippen LogP contribution is 2.62. The standard InChI is InChI=1S/C67H65F6N7O7/c1-40-54(67(71,72)73)50(33-52(74-40)78(34-42-23-28-48(82-6)29-24-42)35-43-25-30-49(83-7)31-26-43)56-55(68)57-53-59(79-36-47-27-32-51(58(79)41(2)86-60(53)75-56)80(47)62(81)87-63(3,4)5)77-61(76-57)84-38-64(37-65(64,69)70)39-85-66(44-17-11-8-12-18-44,45-19-13-9-14-20-45)46-21-15-10-16-22-46/h8-26,28-31,33,41,47,51,58H,27,32,34-39H2,1-7H3/t41-,47+,51-,58+,64?/m0/s1. The van der Waals surface area contributed by atoms with Crippen molar-refractivity contribution in [1.29, 1.82) is 0 Å². The first-order valence-corrected chi connectivity index (χ1v) is 28.9. The second kappa shape index (κ2) is 22.6. The minimum atomic E-state index is -5.10. The lowest BCUT2D eigenvalue weighted by molar-refractivity contribution is -0.137. The lowest BCUT2D eigenvalue weighted by Gasteiger charge is -2.48. The van der Waals surface area contributed by atoms with Gasteiger partial charge in [0.1, 0.15) is 63.6 Å². The average Bonchev–Trinajstić information content (AvgIpc) is 1.74. The van der Waals surface area contributed by atoms with Crippen molar-refractivity contribution < 1.29 is 59.6 Å². The van der Waals surface area contributed by atoms with Crippen LogP contribution in [0.3, 0.4) is 0 Å². The zero-order valence-electron chi connectivity index (χ0n) is 49.1. The van der Waals surface area contributed by atoms with Crippen LogP contribution in [-0.2, 0) is 34.3 Å². The molecule has 0 radical (unpaired) electrons. The van der Waals surface area contributed by atoms with Gasteiger partial charge in [-0.3, -0.25) is 4.90 Å². The first-order valence-electron chi connectivity index (χ1n) is 28.9. The van der Waals surface area contributed by atoms with E-state index < -0.39 is 119 Å². The fourth-order valence-corrected chi connectivity index (χ4v) is 12.7. The number of hydrogen-bond acceptors (Lipinski definition) is 13. The number of amides is 1. The van der Waals surface area contributed by atoms with Gasteiger partial charge in [-0.05, 0) is 106 Å². The van der Waals surface area contributed by atoms with E-state index in [0.717, 1.165) is 17.2 Å². The van der Waals surface area contributed by atoms with Gasteiger partial charge in [-0.15, -0.1) is 0 Å². The van der Waals surface area contributed by atoms with Gasteiger partial charge in [0, 0.05) is 31.6 Å². The van der Waals surface area contributed by atoms with Crippen LogP contribution in [0.4, 0.5) is 42.8 Å². The maximum Gasteiger partial charge on any atom is 0.418 e. The third kappa shape index (κ3) is 11.1. The first-order chi connectivity index (χ1) is 41.6. The Balaban J connectivity index is 0.993. The van der Waals surface area contributed by atoms with Crippen LogP contribution < -0.4 is 28.7 Å². The number of halogens is 6. The molecule has 5 atom stereocenters. The fourth-order valence-electron chi connectivity index (χ4n) is 12.7. The van der Waals surface area contributed by atoms with Gasteiger partial charge in [-0.1, -0.05) is 115 Å². The highest BCUT2D eigenvalue weighted by atomic mass is 19.4. The number of ether oxygens (including phenoxy) is 6. The largest absolute Gasteiger partial charge is 0.497 e. The van der Waals surface area contributed by atoms with E-state index in [1.54, 1.807) is 61.8 Å². The van der Waals surface area contributed by atoms with Crippen molar-refractivity contribution >= 4 is 28.6 Å². The smallest absolute Gasteiger partial charge is 0.418 e. The molecule has 1 unspecified atom stereocenters. The first kappa shape index (κ1) is 58.7. The van der Waals surface area contributed by atoms with E-state index in [1.807, 2.05) is 120 Å². The molecule has 3 aliphatic heterocycles. The van der Waals surface area contributed by atoms with Crippen molar-refractivity contribution in [3.63, 3.8) is 0 Å². The molecule has 8 aromatic rings. The molecule has 14 nitrogen and oxygen atoms in total. The summed E-state index contributed by atoms with van der Waals surface area (Å²) in [7, 11) is 3.07. The molecule has 3 aromatic heterocycles. The Morgan fingerprint density at radius 1 is 0.747 bits per heavy atom. The Hall–Kier alpha value is -8.65. The lowest BCUT2D eigenvalue weighted by Crippen LogP contribution is -2.65. The molecule has 1 amide bonds. The number of alkyl halides is 5. The topological polar surface area (TPSA) is 134 Å². The summed E-state index contributed by atoms with van der Waals surface area (Å²) in [6.45, 7) is 7.40. The highest BCUT2D eigenvalue weighted by Gasteiger charge is 2.72. The Labute approximate surface area is 500 Å². The summed E-state index contributed by atoms with van der Waals surface area (Å²) in [5, 5.41) is -0.0866. The summed E-state index contributed by atoms with van der Waals surface area (Å²) < 4.78 is 136. The minimum absolute atomic E-state index is 0.0370. The van der Waals surface area contributed by atoms with Crippen LogP contribution in [0.1, 0.15) is 86.0 Å². The van der Waals surface area contributed by atoms with Gasteiger partial charge < -0.3 is 38.2 Å². The van der Waals surface area contributed by atoms with Crippen LogP contribution in [0.25, 0.3) is 22.2 Å². The molecule has 12 rings (SSSR count). The molecule has 4 aliphatic rings. The Morgan fingerprint density at radius 3 is 1.80 bits per heavy atom. The Kier molecular flexibility index (Phi) is 15.2. The number of hydrogen-bond donors (Lipinski definition) is 0. The van der Waals surface area contributed by atoms with Gasteiger partial charge in [0.25, 0.3) is 5.92 Å². The summed E-state index contributed by atoms with van der Waals surface area (Å²) in [5.41, 5.74) is -4.32. The number of rotatable bonds is 17. The van der Waals surface area contributed by atoms with Crippen molar-refractivity contribution in [3.8, 4) is 34.6 Å². The molecular weight excluding hydrogens is 1130 g/mol. The monoisotopic (exact) mass is 1190 g/mol. The minimum Gasteiger partial charge on any atom is -0.497 e. The number of carbonyl (C=O) groups is 1. The average molecular weight is 1190 g/mol. The van der Waals surface area contributed by atoms with Crippen molar-refractivity contribution in [3.05, 3.63) is 190 Å². The number of nitrogens with zero attached hydrogens (tertiary/aromatic N) is 7. The van der Waals surface area contributed by atoms with Gasteiger partial charge in [-0.2, -0.15) is 23.1 Å². The predicted octanol–water partition coefficient (Wildman–Crippen LogP) is 13.9. The van der Waals surface area contributed by atoms with Gasteiger partial charge in [-0.25, -0.2) is 27.9 Å². The second-order valence-corrected chi connectivity index (χ2v) is 23.8. The zero-order chi connectivity index (χ0) is 61.2. The molecule has 87 heavy (non-hydrogen) atoms. The van der Waals surface area contributed by atoms with Crippen molar-refractivity contribution in [2.75, 3.05) is 43.8 Å². The van der Waals surface area contributed by atoms with Crippen LogP contribution in [0.2, 0.25) is 0 Å². The van der Waals surface area contributed by atoms with E-state index in [1.165, 1.54) is 21.1 Å². The maximum atomic E-state index is 18.5. The van der Waals surface area contributed by atoms with Crippen LogP contribution >= 0.6 is 0 Å². The maximum absolute atomic E-state index is 18.5. The molecule has 452 valence electrons. The van der Waals surface area contributed by atoms with E-state index in [0.29, 0.717) is 41.0 Å². The normalized spacial score (nSPS) is 20.3.